The minimum absolute atomic E-state index is 0.0171. The van der Waals surface area contributed by atoms with E-state index < -0.39 is 0 Å². The van der Waals surface area contributed by atoms with Crippen molar-refractivity contribution in [2.24, 2.45) is 0 Å². The van der Waals surface area contributed by atoms with Crippen LogP contribution < -0.4 is 10.2 Å². The van der Waals surface area contributed by atoms with Crippen LogP contribution in [0.15, 0.2) is 48.5 Å². The zero-order chi connectivity index (χ0) is 17.7. The standard InChI is InChI=1S/C20H24N2O2/c1-14-5-7-17(8-6-14)13-22(4)15(2)20(24)21-19-11-9-18(10-12-19)16(3)23/h5-12,15H,13H2,1-4H3,(H,21,24)/p+1/t15-/m0/s1. The lowest BCUT2D eigenvalue weighted by Crippen LogP contribution is -3.12. The molecule has 0 aliphatic rings. The van der Waals surface area contributed by atoms with E-state index in [1.54, 1.807) is 24.3 Å². The molecule has 0 saturated carbocycles. The van der Waals surface area contributed by atoms with Crippen molar-refractivity contribution in [3.05, 3.63) is 65.2 Å². The Labute approximate surface area is 143 Å². The first-order valence-electron chi connectivity index (χ1n) is 8.16. The van der Waals surface area contributed by atoms with Crippen molar-refractivity contribution in [1.82, 2.24) is 0 Å². The molecule has 0 aromatic heterocycles. The van der Waals surface area contributed by atoms with Gasteiger partial charge in [0.25, 0.3) is 5.91 Å². The Bertz CT molecular complexity index is 705. The van der Waals surface area contributed by atoms with Crippen LogP contribution in [0.2, 0.25) is 0 Å². The SMILES string of the molecule is CC(=O)c1ccc(NC(=O)[C@H](C)[NH+](C)Cc2ccc(C)cc2)cc1. The molecule has 1 unspecified atom stereocenters. The minimum atomic E-state index is -0.182. The van der Waals surface area contributed by atoms with Crippen molar-refractivity contribution in [1.29, 1.82) is 0 Å². The van der Waals surface area contributed by atoms with Crippen molar-refractivity contribution in [3.63, 3.8) is 0 Å². The van der Waals surface area contributed by atoms with Crippen LogP contribution in [0.1, 0.15) is 35.3 Å². The lowest BCUT2D eigenvalue weighted by atomic mass is 10.1. The van der Waals surface area contributed by atoms with Gasteiger partial charge < -0.3 is 10.2 Å². The number of quaternary nitrogens is 1. The molecule has 0 radical (unpaired) electrons. The number of carbonyl (C=O) groups is 2. The summed E-state index contributed by atoms with van der Waals surface area (Å²) in [4.78, 5) is 24.8. The summed E-state index contributed by atoms with van der Waals surface area (Å²) in [6.07, 6.45) is 0. The van der Waals surface area contributed by atoms with E-state index in [1.807, 2.05) is 14.0 Å². The molecule has 2 aromatic carbocycles. The Morgan fingerprint density at radius 3 is 2.17 bits per heavy atom. The summed E-state index contributed by atoms with van der Waals surface area (Å²) in [6, 6.07) is 15.2. The molecule has 2 N–H and O–H groups in total. The summed E-state index contributed by atoms with van der Waals surface area (Å²) in [7, 11) is 2.02. The van der Waals surface area contributed by atoms with Crippen molar-refractivity contribution >= 4 is 17.4 Å². The first kappa shape index (κ1) is 17.9. The second-order valence-electron chi connectivity index (χ2n) is 6.35. The Balaban J connectivity index is 1.95. The number of Topliss-reactive ketones (excluding diaryl/α,β-unsaturated/α-hetero) is 1. The van der Waals surface area contributed by atoms with Gasteiger partial charge >= 0.3 is 0 Å². The fraction of sp³-hybridized carbons (Fsp3) is 0.300. The van der Waals surface area contributed by atoms with Gasteiger partial charge in [-0.15, -0.1) is 0 Å². The summed E-state index contributed by atoms with van der Waals surface area (Å²) in [5.74, 6) is -0.0151. The van der Waals surface area contributed by atoms with Gasteiger partial charge in [-0.25, -0.2) is 0 Å². The molecule has 4 nitrogen and oxygen atoms in total. The number of hydrogen-bond donors (Lipinski definition) is 2. The first-order chi connectivity index (χ1) is 11.4. The molecular formula is C20H25N2O2+. The molecule has 24 heavy (non-hydrogen) atoms. The number of rotatable bonds is 6. The van der Waals surface area contributed by atoms with Crippen LogP contribution in [-0.2, 0) is 11.3 Å². The lowest BCUT2D eigenvalue weighted by molar-refractivity contribution is -0.907. The third kappa shape index (κ3) is 4.77. The summed E-state index contributed by atoms with van der Waals surface area (Å²) in [5.41, 5.74) is 3.79. The van der Waals surface area contributed by atoms with Gasteiger partial charge in [0.2, 0.25) is 0 Å². The van der Waals surface area contributed by atoms with Gasteiger partial charge in [-0.05, 0) is 45.0 Å². The molecule has 2 atom stereocenters. The zero-order valence-corrected chi connectivity index (χ0v) is 14.7. The van der Waals surface area contributed by atoms with Gasteiger partial charge in [-0.1, -0.05) is 29.8 Å². The summed E-state index contributed by atoms with van der Waals surface area (Å²) >= 11 is 0. The molecule has 0 saturated heterocycles. The molecule has 4 heteroatoms. The van der Waals surface area contributed by atoms with Crippen LogP contribution >= 0.6 is 0 Å². The van der Waals surface area contributed by atoms with E-state index >= 15 is 0 Å². The monoisotopic (exact) mass is 325 g/mol. The summed E-state index contributed by atoms with van der Waals surface area (Å²) < 4.78 is 0. The lowest BCUT2D eigenvalue weighted by Gasteiger charge is -2.21. The Morgan fingerprint density at radius 1 is 1.04 bits per heavy atom. The fourth-order valence-corrected chi connectivity index (χ4v) is 2.44. The number of amides is 1. The maximum Gasteiger partial charge on any atom is 0.282 e. The zero-order valence-electron chi connectivity index (χ0n) is 14.7. The smallest absolute Gasteiger partial charge is 0.282 e. The summed E-state index contributed by atoms with van der Waals surface area (Å²) in [5, 5.41) is 2.91. The Morgan fingerprint density at radius 2 is 1.62 bits per heavy atom. The fourth-order valence-electron chi connectivity index (χ4n) is 2.44. The van der Waals surface area contributed by atoms with E-state index in [4.69, 9.17) is 0 Å². The quantitative estimate of drug-likeness (QED) is 0.800. The van der Waals surface area contributed by atoms with E-state index in [0.717, 1.165) is 11.4 Å². The Kier molecular flexibility index (Phi) is 5.88. The van der Waals surface area contributed by atoms with E-state index in [-0.39, 0.29) is 17.7 Å². The van der Waals surface area contributed by atoms with Crippen LogP contribution in [0.5, 0.6) is 0 Å². The number of likely N-dealkylation sites (N-methyl/N-ethyl adjacent to an activating group) is 1. The van der Waals surface area contributed by atoms with Gasteiger partial charge in [-0.3, -0.25) is 9.59 Å². The number of hydrogen-bond acceptors (Lipinski definition) is 2. The highest BCUT2D eigenvalue weighted by atomic mass is 16.2. The third-order valence-electron chi connectivity index (χ3n) is 4.30. The maximum absolute atomic E-state index is 12.4. The van der Waals surface area contributed by atoms with E-state index in [9.17, 15) is 9.59 Å². The highest BCUT2D eigenvalue weighted by Crippen LogP contribution is 2.10. The molecule has 0 spiro atoms. The third-order valence-corrected chi connectivity index (χ3v) is 4.30. The van der Waals surface area contributed by atoms with Crippen molar-refractivity contribution in [2.75, 3.05) is 12.4 Å². The minimum Gasteiger partial charge on any atom is -0.324 e. The predicted molar refractivity (Wildman–Crippen MR) is 96.3 cm³/mol. The highest BCUT2D eigenvalue weighted by Gasteiger charge is 2.22. The largest absolute Gasteiger partial charge is 0.324 e. The van der Waals surface area contributed by atoms with Crippen LogP contribution in [0.4, 0.5) is 5.69 Å². The number of anilines is 1. The predicted octanol–water partition coefficient (Wildman–Crippen LogP) is 2.24. The number of carbonyl (C=O) groups excluding carboxylic acids is 2. The van der Waals surface area contributed by atoms with Crippen LogP contribution in [-0.4, -0.2) is 24.8 Å². The van der Waals surface area contributed by atoms with Crippen molar-refractivity contribution in [2.45, 2.75) is 33.4 Å². The molecule has 126 valence electrons. The van der Waals surface area contributed by atoms with Gasteiger partial charge in [0.1, 0.15) is 6.54 Å². The van der Waals surface area contributed by atoms with Gasteiger partial charge in [0, 0.05) is 16.8 Å². The first-order valence-corrected chi connectivity index (χ1v) is 8.16. The molecule has 2 rings (SSSR count). The maximum atomic E-state index is 12.4. The molecule has 0 aliphatic carbocycles. The van der Waals surface area contributed by atoms with Crippen molar-refractivity contribution in [3.8, 4) is 0 Å². The molecule has 1 amide bonds. The molecule has 0 fully saturated rings. The highest BCUT2D eigenvalue weighted by molar-refractivity contribution is 5.96. The number of aryl methyl sites for hydroxylation is 1. The molecule has 0 bridgehead atoms. The van der Waals surface area contributed by atoms with Crippen LogP contribution in [0.3, 0.4) is 0 Å². The molecular weight excluding hydrogens is 300 g/mol. The van der Waals surface area contributed by atoms with E-state index in [0.29, 0.717) is 11.3 Å². The molecule has 0 heterocycles. The van der Waals surface area contributed by atoms with E-state index in [1.165, 1.54) is 18.1 Å². The van der Waals surface area contributed by atoms with Gasteiger partial charge in [-0.2, -0.15) is 0 Å². The average Bonchev–Trinajstić information content (AvgIpc) is 2.56. The normalized spacial score (nSPS) is 13.2. The van der Waals surface area contributed by atoms with E-state index in [2.05, 4.69) is 36.5 Å². The summed E-state index contributed by atoms with van der Waals surface area (Å²) in [6.45, 7) is 6.30. The second kappa shape index (κ2) is 7.88. The average molecular weight is 325 g/mol. The Hall–Kier alpha value is -2.46. The van der Waals surface area contributed by atoms with Gasteiger partial charge in [0.05, 0.1) is 7.05 Å². The molecule has 2 aromatic rings. The number of ketones is 1. The number of benzene rings is 2. The molecule has 0 aliphatic heterocycles. The topological polar surface area (TPSA) is 50.6 Å². The van der Waals surface area contributed by atoms with Gasteiger partial charge in [0.15, 0.2) is 11.8 Å². The van der Waals surface area contributed by atoms with Crippen LogP contribution in [0.25, 0.3) is 0 Å². The second-order valence-corrected chi connectivity index (χ2v) is 6.35. The van der Waals surface area contributed by atoms with Crippen LogP contribution in [0, 0.1) is 6.92 Å². The number of nitrogens with one attached hydrogen (secondary N) is 2. The van der Waals surface area contributed by atoms with Crippen molar-refractivity contribution < 1.29 is 14.5 Å².